The van der Waals surface area contributed by atoms with Gasteiger partial charge < -0.3 is 10.8 Å². The van der Waals surface area contributed by atoms with Gasteiger partial charge in [-0.15, -0.1) is 0 Å². The molecule has 2 atom stereocenters. The van der Waals surface area contributed by atoms with Gasteiger partial charge in [0, 0.05) is 12.0 Å². The van der Waals surface area contributed by atoms with Crippen LogP contribution in [0.2, 0.25) is 0 Å². The van der Waals surface area contributed by atoms with Crippen molar-refractivity contribution < 1.29 is 5.11 Å². The molecule has 2 nitrogen and oxygen atoms in total. The van der Waals surface area contributed by atoms with Crippen LogP contribution in [0.15, 0.2) is 30.3 Å². The Morgan fingerprint density at radius 2 is 1.89 bits per heavy atom. The highest BCUT2D eigenvalue weighted by Crippen LogP contribution is 2.47. The third-order valence-electron chi connectivity index (χ3n) is 4.62. The standard InChI is InChI=1S/C16H25NO/c1-15(2)9-6-10-16(12-17,14(15)18)11-13-7-4-3-5-8-13/h3-5,7-8,14,18H,6,9-12,17H2,1-2H3. The number of aliphatic hydroxyl groups excluding tert-OH is 1. The third-order valence-corrected chi connectivity index (χ3v) is 4.62. The predicted octanol–water partition coefficient (Wildman–Crippen LogP) is 2.75. The van der Waals surface area contributed by atoms with Gasteiger partial charge in [0.15, 0.2) is 0 Å². The van der Waals surface area contributed by atoms with Crippen LogP contribution < -0.4 is 5.73 Å². The zero-order chi connectivity index (χ0) is 13.2. The van der Waals surface area contributed by atoms with Crippen LogP contribution in [0.5, 0.6) is 0 Å². The molecule has 0 radical (unpaired) electrons. The van der Waals surface area contributed by atoms with Crippen molar-refractivity contribution in [2.45, 2.75) is 45.6 Å². The van der Waals surface area contributed by atoms with Gasteiger partial charge in [-0.25, -0.2) is 0 Å². The number of benzene rings is 1. The van der Waals surface area contributed by atoms with Crippen molar-refractivity contribution in [1.82, 2.24) is 0 Å². The summed E-state index contributed by atoms with van der Waals surface area (Å²) in [4.78, 5) is 0. The molecule has 100 valence electrons. The quantitative estimate of drug-likeness (QED) is 0.862. The van der Waals surface area contributed by atoms with Crippen molar-refractivity contribution in [1.29, 1.82) is 0 Å². The molecule has 1 aromatic rings. The van der Waals surface area contributed by atoms with Crippen LogP contribution in [-0.2, 0) is 6.42 Å². The maximum absolute atomic E-state index is 10.7. The number of rotatable bonds is 3. The molecular formula is C16H25NO. The van der Waals surface area contributed by atoms with E-state index in [-0.39, 0.29) is 16.9 Å². The normalized spacial score (nSPS) is 31.2. The fourth-order valence-electron chi connectivity index (χ4n) is 3.47. The highest BCUT2D eigenvalue weighted by molar-refractivity contribution is 5.18. The highest BCUT2D eigenvalue weighted by atomic mass is 16.3. The second kappa shape index (κ2) is 5.02. The van der Waals surface area contributed by atoms with Gasteiger partial charge in [-0.2, -0.15) is 0 Å². The lowest BCUT2D eigenvalue weighted by molar-refractivity contribution is -0.0884. The van der Waals surface area contributed by atoms with Crippen molar-refractivity contribution in [3.8, 4) is 0 Å². The topological polar surface area (TPSA) is 46.2 Å². The average molecular weight is 247 g/mol. The molecule has 1 saturated carbocycles. The molecule has 2 heteroatoms. The highest BCUT2D eigenvalue weighted by Gasteiger charge is 2.47. The molecule has 0 aromatic heterocycles. The number of aliphatic hydroxyl groups is 1. The summed E-state index contributed by atoms with van der Waals surface area (Å²) in [5.41, 5.74) is 7.14. The van der Waals surface area contributed by atoms with Crippen LogP contribution in [0, 0.1) is 10.8 Å². The first-order valence-electron chi connectivity index (χ1n) is 6.92. The minimum atomic E-state index is -0.316. The summed E-state index contributed by atoms with van der Waals surface area (Å²) in [7, 11) is 0. The lowest BCUT2D eigenvalue weighted by Gasteiger charge is -2.49. The van der Waals surface area contributed by atoms with Gasteiger partial charge in [-0.3, -0.25) is 0 Å². The zero-order valence-electron chi connectivity index (χ0n) is 11.5. The Kier molecular flexibility index (Phi) is 3.79. The maximum atomic E-state index is 10.7. The van der Waals surface area contributed by atoms with Crippen LogP contribution in [0.4, 0.5) is 0 Å². The molecular weight excluding hydrogens is 222 g/mol. The molecule has 1 aliphatic rings. The Morgan fingerprint density at radius 3 is 2.50 bits per heavy atom. The first-order valence-corrected chi connectivity index (χ1v) is 6.92. The first kappa shape index (κ1) is 13.6. The second-order valence-corrected chi connectivity index (χ2v) is 6.47. The Balaban J connectivity index is 2.25. The Hall–Kier alpha value is -0.860. The first-order chi connectivity index (χ1) is 8.50. The molecule has 0 saturated heterocycles. The minimum absolute atomic E-state index is 0.0214. The lowest BCUT2D eigenvalue weighted by Crippen LogP contribution is -2.53. The molecule has 3 N–H and O–H groups in total. The summed E-state index contributed by atoms with van der Waals surface area (Å²) < 4.78 is 0. The summed E-state index contributed by atoms with van der Waals surface area (Å²) in [5, 5.41) is 10.7. The fraction of sp³-hybridized carbons (Fsp3) is 0.625. The molecule has 1 fully saturated rings. The van der Waals surface area contributed by atoms with Gasteiger partial charge in [-0.1, -0.05) is 50.6 Å². The largest absolute Gasteiger partial charge is 0.392 e. The third kappa shape index (κ3) is 2.45. The second-order valence-electron chi connectivity index (χ2n) is 6.47. The molecule has 18 heavy (non-hydrogen) atoms. The van der Waals surface area contributed by atoms with E-state index in [1.54, 1.807) is 0 Å². The fourth-order valence-corrected chi connectivity index (χ4v) is 3.47. The predicted molar refractivity (Wildman–Crippen MR) is 75.3 cm³/mol. The lowest BCUT2D eigenvalue weighted by atomic mass is 9.59. The van der Waals surface area contributed by atoms with E-state index in [9.17, 15) is 5.11 Å². The SMILES string of the molecule is CC1(C)CCCC(CN)(Cc2ccccc2)C1O. The molecule has 1 aromatic carbocycles. The molecule has 0 aliphatic heterocycles. The van der Waals surface area contributed by atoms with E-state index in [0.29, 0.717) is 6.54 Å². The monoisotopic (exact) mass is 247 g/mol. The minimum Gasteiger partial charge on any atom is -0.392 e. The van der Waals surface area contributed by atoms with E-state index in [2.05, 4.69) is 38.1 Å². The Labute approximate surface area is 110 Å². The maximum Gasteiger partial charge on any atom is 0.0662 e. The van der Waals surface area contributed by atoms with Crippen molar-refractivity contribution in [2.24, 2.45) is 16.6 Å². The molecule has 2 rings (SSSR count). The van der Waals surface area contributed by atoms with Crippen molar-refractivity contribution in [2.75, 3.05) is 6.54 Å². The Bertz CT molecular complexity index is 387. The summed E-state index contributed by atoms with van der Waals surface area (Å²) in [6.45, 7) is 4.88. The Morgan fingerprint density at radius 1 is 1.22 bits per heavy atom. The summed E-state index contributed by atoms with van der Waals surface area (Å²) in [5.74, 6) is 0. The van der Waals surface area contributed by atoms with Crippen molar-refractivity contribution >= 4 is 0 Å². The number of hydrogen-bond donors (Lipinski definition) is 2. The van der Waals surface area contributed by atoms with Gasteiger partial charge >= 0.3 is 0 Å². The van der Waals surface area contributed by atoms with Crippen molar-refractivity contribution in [3.05, 3.63) is 35.9 Å². The van der Waals surface area contributed by atoms with E-state index < -0.39 is 0 Å². The van der Waals surface area contributed by atoms with E-state index in [1.807, 2.05) is 6.07 Å². The van der Waals surface area contributed by atoms with Crippen LogP contribution in [-0.4, -0.2) is 17.8 Å². The van der Waals surface area contributed by atoms with Gasteiger partial charge in [0.1, 0.15) is 0 Å². The molecule has 1 aliphatic carbocycles. The van der Waals surface area contributed by atoms with E-state index >= 15 is 0 Å². The molecule has 2 unspecified atom stereocenters. The van der Waals surface area contributed by atoms with Gasteiger partial charge in [0.05, 0.1) is 6.10 Å². The molecule has 0 amide bonds. The zero-order valence-corrected chi connectivity index (χ0v) is 11.5. The van der Waals surface area contributed by atoms with Crippen LogP contribution in [0.25, 0.3) is 0 Å². The van der Waals surface area contributed by atoms with Gasteiger partial charge in [0.25, 0.3) is 0 Å². The van der Waals surface area contributed by atoms with E-state index in [1.165, 1.54) is 5.56 Å². The smallest absolute Gasteiger partial charge is 0.0662 e. The summed E-state index contributed by atoms with van der Waals surface area (Å²) >= 11 is 0. The molecule has 0 spiro atoms. The number of hydrogen-bond acceptors (Lipinski definition) is 2. The van der Waals surface area contributed by atoms with Crippen LogP contribution >= 0.6 is 0 Å². The number of nitrogens with two attached hydrogens (primary N) is 1. The van der Waals surface area contributed by atoms with Crippen molar-refractivity contribution in [3.63, 3.8) is 0 Å². The van der Waals surface area contributed by atoms with Crippen LogP contribution in [0.3, 0.4) is 0 Å². The molecule has 0 heterocycles. The summed E-state index contributed by atoms with van der Waals surface area (Å²) in [6, 6.07) is 10.4. The summed E-state index contributed by atoms with van der Waals surface area (Å²) in [6.07, 6.45) is 3.85. The van der Waals surface area contributed by atoms with Gasteiger partial charge in [0.2, 0.25) is 0 Å². The van der Waals surface area contributed by atoms with E-state index in [4.69, 9.17) is 5.73 Å². The van der Waals surface area contributed by atoms with Crippen LogP contribution in [0.1, 0.15) is 38.7 Å². The van der Waals surface area contributed by atoms with E-state index in [0.717, 1.165) is 25.7 Å². The molecule has 0 bridgehead atoms. The average Bonchev–Trinajstić information content (AvgIpc) is 2.36. The van der Waals surface area contributed by atoms with Gasteiger partial charge in [-0.05, 0) is 30.2 Å².